The van der Waals surface area contributed by atoms with Crippen molar-refractivity contribution in [1.82, 2.24) is 0 Å². The van der Waals surface area contributed by atoms with Crippen LogP contribution >= 0.6 is 0 Å². The van der Waals surface area contributed by atoms with Gasteiger partial charge in [0.15, 0.2) is 11.5 Å². The molecule has 0 unspecified atom stereocenters. The van der Waals surface area contributed by atoms with Crippen molar-refractivity contribution in [3.8, 4) is 11.5 Å². The van der Waals surface area contributed by atoms with Gasteiger partial charge in [0, 0.05) is 0 Å². The van der Waals surface area contributed by atoms with Crippen molar-refractivity contribution in [3.05, 3.63) is 36.4 Å². The summed E-state index contributed by atoms with van der Waals surface area (Å²) in [6.07, 6.45) is 0. The van der Waals surface area contributed by atoms with E-state index >= 15 is 0 Å². The Morgan fingerprint density at radius 3 is 2.38 bits per heavy atom. The number of carbonyl (C=O) groups is 1. The van der Waals surface area contributed by atoms with Gasteiger partial charge in [-0.25, -0.2) is 4.79 Å². The molecule has 0 amide bonds. The van der Waals surface area contributed by atoms with Crippen molar-refractivity contribution in [2.24, 2.45) is 0 Å². The Labute approximate surface area is 94.1 Å². The molecule has 0 saturated heterocycles. The summed E-state index contributed by atoms with van der Waals surface area (Å²) < 4.78 is 10.6. The number of hydrogen-bond donors (Lipinski definition) is 1. The van der Waals surface area contributed by atoms with Crippen LogP contribution in [-0.4, -0.2) is 24.3 Å². The van der Waals surface area contributed by atoms with Crippen LogP contribution in [0.15, 0.2) is 36.4 Å². The smallest absolute Gasteiger partial charge is 0.334 e. The molecule has 0 radical (unpaired) electrons. The van der Waals surface area contributed by atoms with E-state index in [0.717, 1.165) is 0 Å². The van der Waals surface area contributed by atoms with E-state index in [1.54, 1.807) is 18.2 Å². The van der Waals surface area contributed by atoms with Gasteiger partial charge in [-0.3, -0.25) is 0 Å². The molecule has 1 N–H and O–H groups in total. The molecule has 1 rings (SSSR count). The van der Waals surface area contributed by atoms with E-state index in [0.29, 0.717) is 18.1 Å². The fourth-order valence-electron chi connectivity index (χ4n) is 1.07. The highest BCUT2D eigenvalue weighted by Gasteiger charge is 2.07. The van der Waals surface area contributed by atoms with Crippen molar-refractivity contribution in [2.75, 3.05) is 13.2 Å². The van der Waals surface area contributed by atoms with E-state index in [-0.39, 0.29) is 12.2 Å². The maximum absolute atomic E-state index is 10.5. The summed E-state index contributed by atoms with van der Waals surface area (Å²) in [4.78, 5) is 10.5. The van der Waals surface area contributed by atoms with Crippen LogP contribution in [0, 0.1) is 0 Å². The Hall–Kier alpha value is -1.97. The molecule has 0 aliphatic carbocycles. The van der Waals surface area contributed by atoms with Crippen LogP contribution in [-0.2, 0) is 4.79 Å². The predicted molar refractivity (Wildman–Crippen MR) is 59.9 cm³/mol. The van der Waals surface area contributed by atoms with Gasteiger partial charge in [-0.05, 0) is 19.1 Å². The van der Waals surface area contributed by atoms with Crippen molar-refractivity contribution in [1.29, 1.82) is 0 Å². The summed E-state index contributed by atoms with van der Waals surface area (Å²) in [5.41, 5.74) is 0.00583. The van der Waals surface area contributed by atoms with Crippen LogP contribution in [0.1, 0.15) is 6.92 Å². The molecular formula is C12H14O4. The quantitative estimate of drug-likeness (QED) is 0.749. The molecule has 1 aromatic carbocycles. The molecule has 0 spiro atoms. The summed E-state index contributed by atoms with van der Waals surface area (Å²) in [6.45, 7) is 5.72. The Balaban J connectivity index is 2.66. The first kappa shape index (κ1) is 12.1. The van der Waals surface area contributed by atoms with E-state index in [9.17, 15) is 4.79 Å². The van der Waals surface area contributed by atoms with E-state index in [1.807, 2.05) is 13.0 Å². The van der Waals surface area contributed by atoms with Crippen molar-refractivity contribution in [2.45, 2.75) is 6.92 Å². The summed E-state index contributed by atoms with van der Waals surface area (Å²) in [6, 6.07) is 7.10. The highest BCUT2D eigenvalue weighted by Crippen LogP contribution is 2.26. The number of benzene rings is 1. The molecule has 1 aromatic rings. The topological polar surface area (TPSA) is 55.8 Å². The maximum atomic E-state index is 10.5. The maximum Gasteiger partial charge on any atom is 0.334 e. The number of ether oxygens (including phenoxy) is 2. The van der Waals surface area contributed by atoms with Crippen LogP contribution in [0.2, 0.25) is 0 Å². The zero-order valence-electron chi connectivity index (χ0n) is 9.10. The molecule has 0 aromatic heterocycles. The fraction of sp³-hybridized carbons (Fsp3) is 0.250. The fourth-order valence-corrected chi connectivity index (χ4v) is 1.07. The van der Waals surface area contributed by atoms with Crippen molar-refractivity contribution >= 4 is 5.97 Å². The average Bonchev–Trinajstić information content (AvgIpc) is 2.27. The van der Waals surface area contributed by atoms with E-state index < -0.39 is 5.97 Å². The molecule has 0 fully saturated rings. The van der Waals surface area contributed by atoms with Crippen LogP contribution in [0.3, 0.4) is 0 Å². The molecule has 0 bridgehead atoms. The molecule has 0 aliphatic rings. The van der Waals surface area contributed by atoms with Crippen molar-refractivity contribution < 1.29 is 19.4 Å². The lowest BCUT2D eigenvalue weighted by Crippen LogP contribution is -2.09. The largest absolute Gasteiger partial charge is 0.490 e. The third-order valence-corrected chi connectivity index (χ3v) is 1.85. The van der Waals surface area contributed by atoms with Gasteiger partial charge in [0.1, 0.15) is 6.61 Å². The average molecular weight is 222 g/mol. The first-order chi connectivity index (χ1) is 7.65. The molecule has 0 atom stereocenters. The van der Waals surface area contributed by atoms with Gasteiger partial charge in [-0.15, -0.1) is 0 Å². The summed E-state index contributed by atoms with van der Waals surface area (Å²) in [5.74, 6) is 0.0591. The SMILES string of the molecule is C=C(COc1ccccc1OCC)C(=O)O. The molecular weight excluding hydrogens is 208 g/mol. The third-order valence-electron chi connectivity index (χ3n) is 1.85. The Kier molecular flexibility index (Phi) is 4.39. The van der Waals surface area contributed by atoms with Gasteiger partial charge in [0.2, 0.25) is 0 Å². The Bertz CT molecular complexity index is 384. The summed E-state index contributed by atoms with van der Waals surface area (Å²) in [5, 5.41) is 8.62. The molecule has 0 aliphatic heterocycles. The minimum absolute atomic E-state index is 0.00583. The predicted octanol–water partition coefficient (Wildman–Crippen LogP) is 2.10. The lowest BCUT2D eigenvalue weighted by Gasteiger charge is -2.11. The summed E-state index contributed by atoms with van der Waals surface area (Å²) >= 11 is 0. The number of rotatable bonds is 6. The summed E-state index contributed by atoms with van der Waals surface area (Å²) in [7, 11) is 0. The normalized spacial score (nSPS) is 9.56. The third kappa shape index (κ3) is 3.31. The second-order valence-corrected chi connectivity index (χ2v) is 3.08. The van der Waals surface area contributed by atoms with Gasteiger partial charge in [-0.2, -0.15) is 0 Å². The number of carboxylic acids is 1. The Morgan fingerprint density at radius 2 is 1.88 bits per heavy atom. The second kappa shape index (κ2) is 5.80. The van der Waals surface area contributed by atoms with Crippen LogP contribution < -0.4 is 9.47 Å². The van der Waals surface area contributed by atoms with Crippen LogP contribution in [0.5, 0.6) is 11.5 Å². The van der Waals surface area contributed by atoms with Gasteiger partial charge < -0.3 is 14.6 Å². The van der Waals surface area contributed by atoms with Crippen LogP contribution in [0.4, 0.5) is 0 Å². The number of para-hydroxylation sites is 2. The van der Waals surface area contributed by atoms with E-state index in [2.05, 4.69) is 6.58 Å². The van der Waals surface area contributed by atoms with Gasteiger partial charge in [0.05, 0.1) is 12.2 Å². The minimum atomic E-state index is -1.06. The number of carboxylic acid groups (broad SMARTS) is 1. The molecule has 16 heavy (non-hydrogen) atoms. The zero-order valence-corrected chi connectivity index (χ0v) is 9.10. The zero-order chi connectivity index (χ0) is 12.0. The minimum Gasteiger partial charge on any atom is -0.490 e. The highest BCUT2D eigenvalue weighted by molar-refractivity contribution is 5.86. The molecule has 4 heteroatoms. The van der Waals surface area contributed by atoms with E-state index in [1.165, 1.54) is 0 Å². The first-order valence-corrected chi connectivity index (χ1v) is 4.90. The van der Waals surface area contributed by atoms with Crippen LogP contribution in [0.25, 0.3) is 0 Å². The monoisotopic (exact) mass is 222 g/mol. The molecule has 0 heterocycles. The van der Waals surface area contributed by atoms with Gasteiger partial charge in [-0.1, -0.05) is 18.7 Å². The second-order valence-electron chi connectivity index (χ2n) is 3.08. The molecule has 4 nitrogen and oxygen atoms in total. The number of hydrogen-bond acceptors (Lipinski definition) is 3. The number of aliphatic carboxylic acids is 1. The van der Waals surface area contributed by atoms with Crippen molar-refractivity contribution in [3.63, 3.8) is 0 Å². The van der Waals surface area contributed by atoms with Gasteiger partial charge in [0.25, 0.3) is 0 Å². The highest BCUT2D eigenvalue weighted by atomic mass is 16.5. The standard InChI is InChI=1S/C12H14O4/c1-3-15-10-6-4-5-7-11(10)16-8-9(2)12(13)14/h4-7H,2-3,8H2,1H3,(H,13,14). The van der Waals surface area contributed by atoms with Gasteiger partial charge >= 0.3 is 5.97 Å². The Morgan fingerprint density at radius 1 is 1.31 bits per heavy atom. The molecule has 86 valence electrons. The molecule has 0 saturated carbocycles. The lowest BCUT2D eigenvalue weighted by atomic mass is 10.3. The van der Waals surface area contributed by atoms with E-state index in [4.69, 9.17) is 14.6 Å². The first-order valence-electron chi connectivity index (χ1n) is 4.90. The lowest BCUT2D eigenvalue weighted by molar-refractivity contribution is -0.133.